The second-order valence-electron chi connectivity index (χ2n) is 6.31. The number of hydrogen-bond donors (Lipinski definition) is 0. The monoisotopic (exact) mass is 357 g/mol. The second kappa shape index (κ2) is 6.30. The van der Waals surface area contributed by atoms with E-state index in [0.29, 0.717) is 39.9 Å². The van der Waals surface area contributed by atoms with Crippen LogP contribution in [0.5, 0.6) is 17.2 Å². The molecule has 0 unspecified atom stereocenters. The molecule has 0 radical (unpaired) electrons. The van der Waals surface area contributed by atoms with Gasteiger partial charge in [0.15, 0.2) is 0 Å². The van der Waals surface area contributed by atoms with Crippen molar-refractivity contribution in [3.63, 3.8) is 0 Å². The average molecular weight is 358 g/mol. The van der Waals surface area contributed by atoms with Crippen LogP contribution in [0, 0.1) is 6.57 Å². The SMILES string of the molecule is [C-]#[N+]c1ccc(Oc2cc(C(=O)OC)cc3c2CC(C)(C)O3)cc1Cl. The van der Waals surface area contributed by atoms with Crippen molar-refractivity contribution >= 4 is 23.3 Å². The maximum absolute atomic E-state index is 11.9. The first kappa shape index (κ1) is 17.1. The van der Waals surface area contributed by atoms with E-state index in [1.165, 1.54) is 7.11 Å². The first-order valence-electron chi connectivity index (χ1n) is 7.62. The van der Waals surface area contributed by atoms with E-state index in [0.717, 1.165) is 5.56 Å². The lowest BCUT2D eigenvalue weighted by Crippen LogP contribution is -2.24. The van der Waals surface area contributed by atoms with Crippen molar-refractivity contribution in [2.24, 2.45) is 0 Å². The van der Waals surface area contributed by atoms with Crippen LogP contribution in [-0.2, 0) is 11.2 Å². The highest BCUT2D eigenvalue weighted by molar-refractivity contribution is 6.33. The number of fused-ring (bicyclic) bond motifs is 1. The number of nitrogens with zero attached hydrogens (tertiary/aromatic N) is 1. The Morgan fingerprint density at radius 1 is 1.32 bits per heavy atom. The predicted molar refractivity (Wildman–Crippen MR) is 94.0 cm³/mol. The Hall–Kier alpha value is -2.71. The van der Waals surface area contributed by atoms with E-state index in [4.69, 9.17) is 32.4 Å². The van der Waals surface area contributed by atoms with Crippen molar-refractivity contribution in [3.05, 3.63) is 57.9 Å². The molecular formula is C19H16ClNO4. The van der Waals surface area contributed by atoms with Crippen LogP contribution < -0.4 is 9.47 Å². The van der Waals surface area contributed by atoms with E-state index < -0.39 is 5.97 Å². The molecule has 1 aliphatic heterocycles. The molecule has 2 aromatic rings. The minimum absolute atomic E-state index is 0.310. The Bertz CT molecular complexity index is 899. The van der Waals surface area contributed by atoms with Crippen molar-refractivity contribution in [1.82, 2.24) is 0 Å². The van der Waals surface area contributed by atoms with Gasteiger partial charge in [0.1, 0.15) is 22.8 Å². The number of carbonyl (C=O) groups excluding carboxylic acids is 1. The van der Waals surface area contributed by atoms with Gasteiger partial charge in [0, 0.05) is 12.0 Å². The zero-order chi connectivity index (χ0) is 18.2. The molecule has 1 aliphatic rings. The molecule has 128 valence electrons. The van der Waals surface area contributed by atoms with Gasteiger partial charge in [0.05, 0.1) is 24.3 Å². The maximum Gasteiger partial charge on any atom is 0.338 e. The van der Waals surface area contributed by atoms with Gasteiger partial charge in [0.25, 0.3) is 0 Å². The molecule has 0 amide bonds. The smallest absolute Gasteiger partial charge is 0.338 e. The van der Waals surface area contributed by atoms with Crippen LogP contribution in [0.2, 0.25) is 5.02 Å². The lowest BCUT2D eigenvalue weighted by atomic mass is 10.00. The summed E-state index contributed by atoms with van der Waals surface area (Å²) in [6, 6.07) is 8.13. The van der Waals surface area contributed by atoms with Crippen LogP contribution in [0.1, 0.15) is 29.8 Å². The fourth-order valence-corrected chi connectivity index (χ4v) is 2.95. The third kappa shape index (κ3) is 3.40. The molecule has 6 heteroatoms. The zero-order valence-electron chi connectivity index (χ0n) is 14.1. The van der Waals surface area contributed by atoms with E-state index in [9.17, 15) is 4.79 Å². The number of benzene rings is 2. The van der Waals surface area contributed by atoms with Crippen molar-refractivity contribution in [1.29, 1.82) is 0 Å². The summed E-state index contributed by atoms with van der Waals surface area (Å²) >= 11 is 6.07. The minimum atomic E-state index is -0.470. The Labute approximate surface area is 150 Å². The molecule has 0 saturated carbocycles. The quantitative estimate of drug-likeness (QED) is 0.560. The van der Waals surface area contributed by atoms with Gasteiger partial charge < -0.3 is 14.2 Å². The molecule has 0 atom stereocenters. The number of halogens is 1. The minimum Gasteiger partial charge on any atom is -0.487 e. The topological polar surface area (TPSA) is 49.1 Å². The van der Waals surface area contributed by atoms with E-state index in [1.54, 1.807) is 30.3 Å². The predicted octanol–water partition coefficient (Wildman–Crippen LogP) is 5.18. The highest BCUT2D eigenvalue weighted by Crippen LogP contribution is 2.43. The molecular weight excluding hydrogens is 342 g/mol. The molecule has 0 aliphatic carbocycles. The Morgan fingerprint density at radius 2 is 2.08 bits per heavy atom. The van der Waals surface area contributed by atoms with E-state index in [1.807, 2.05) is 13.8 Å². The number of esters is 1. The Morgan fingerprint density at radius 3 is 2.72 bits per heavy atom. The molecule has 5 nitrogen and oxygen atoms in total. The van der Waals surface area contributed by atoms with Crippen molar-refractivity contribution < 1.29 is 19.0 Å². The number of methoxy groups -OCH3 is 1. The number of carbonyl (C=O) groups is 1. The molecule has 25 heavy (non-hydrogen) atoms. The third-order valence-corrected chi connectivity index (χ3v) is 4.15. The summed E-state index contributed by atoms with van der Waals surface area (Å²) in [7, 11) is 1.32. The maximum atomic E-state index is 11.9. The molecule has 2 aromatic carbocycles. The molecule has 0 saturated heterocycles. The fraction of sp³-hybridized carbons (Fsp3) is 0.263. The van der Waals surface area contributed by atoms with Crippen LogP contribution in [0.25, 0.3) is 4.85 Å². The van der Waals surface area contributed by atoms with Gasteiger partial charge in [-0.25, -0.2) is 9.64 Å². The molecule has 0 spiro atoms. The van der Waals surface area contributed by atoms with E-state index in [-0.39, 0.29) is 5.60 Å². The largest absolute Gasteiger partial charge is 0.487 e. The van der Waals surface area contributed by atoms with Gasteiger partial charge in [-0.05, 0) is 38.1 Å². The fourth-order valence-electron chi connectivity index (χ4n) is 2.74. The average Bonchev–Trinajstić information content (AvgIpc) is 2.88. The summed E-state index contributed by atoms with van der Waals surface area (Å²) in [5, 5.41) is 0.310. The lowest BCUT2D eigenvalue weighted by molar-refractivity contribution is 0.0599. The van der Waals surface area contributed by atoms with Crippen LogP contribution >= 0.6 is 11.6 Å². The van der Waals surface area contributed by atoms with Crippen molar-refractivity contribution in [3.8, 4) is 17.2 Å². The standard InChI is InChI=1S/C19H16ClNO4/c1-19(2)10-13-16(7-11(18(22)23-4)8-17(13)25-19)24-12-5-6-15(21-3)14(20)9-12/h5-9H,10H2,1-2,4H3. The number of hydrogen-bond acceptors (Lipinski definition) is 4. The third-order valence-electron chi connectivity index (χ3n) is 3.85. The van der Waals surface area contributed by atoms with E-state index >= 15 is 0 Å². The zero-order valence-corrected chi connectivity index (χ0v) is 14.8. The summed E-state index contributed by atoms with van der Waals surface area (Å²) in [4.78, 5) is 15.3. The summed E-state index contributed by atoms with van der Waals surface area (Å²) in [6.07, 6.45) is 0.646. The van der Waals surface area contributed by atoms with Crippen LogP contribution in [0.4, 0.5) is 5.69 Å². The summed E-state index contributed by atoms with van der Waals surface area (Å²) < 4.78 is 16.7. The summed E-state index contributed by atoms with van der Waals surface area (Å²) in [5.41, 5.74) is 1.19. The first-order valence-corrected chi connectivity index (χ1v) is 8.00. The molecule has 1 heterocycles. The second-order valence-corrected chi connectivity index (χ2v) is 6.72. The molecule has 0 N–H and O–H groups in total. The highest BCUT2D eigenvalue weighted by Gasteiger charge is 2.34. The van der Waals surface area contributed by atoms with Crippen LogP contribution in [0.3, 0.4) is 0 Å². The van der Waals surface area contributed by atoms with Crippen LogP contribution in [0.15, 0.2) is 30.3 Å². The van der Waals surface area contributed by atoms with Gasteiger partial charge in [-0.1, -0.05) is 17.7 Å². The van der Waals surface area contributed by atoms with E-state index in [2.05, 4.69) is 4.85 Å². The van der Waals surface area contributed by atoms with Gasteiger partial charge in [-0.2, -0.15) is 0 Å². The van der Waals surface area contributed by atoms with Crippen molar-refractivity contribution in [2.75, 3.05) is 7.11 Å². The lowest BCUT2D eigenvalue weighted by Gasteiger charge is -2.16. The van der Waals surface area contributed by atoms with Crippen LogP contribution in [-0.4, -0.2) is 18.7 Å². The molecule has 3 rings (SSSR count). The first-order chi connectivity index (χ1) is 11.8. The molecule has 0 fully saturated rings. The van der Waals surface area contributed by atoms with Gasteiger partial charge in [-0.15, -0.1) is 0 Å². The normalized spacial score (nSPS) is 14.2. The van der Waals surface area contributed by atoms with Gasteiger partial charge in [0.2, 0.25) is 5.69 Å². The molecule has 0 bridgehead atoms. The van der Waals surface area contributed by atoms with Crippen molar-refractivity contribution in [2.45, 2.75) is 25.9 Å². The Balaban J connectivity index is 2.03. The Kier molecular flexibility index (Phi) is 4.32. The van der Waals surface area contributed by atoms with Gasteiger partial charge >= 0.3 is 5.97 Å². The molecule has 0 aromatic heterocycles. The van der Waals surface area contributed by atoms with Gasteiger partial charge in [-0.3, -0.25) is 0 Å². The summed E-state index contributed by atoms with van der Waals surface area (Å²) in [6.45, 7) is 11.0. The summed E-state index contributed by atoms with van der Waals surface area (Å²) in [5.74, 6) is 1.12. The number of rotatable bonds is 3. The number of ether oxygens (including phenoxy) is 3. The highest BCUT2D eigenvalue weighted by atomic mass is 35.5.